The molecule has 2 saturated heterocycles. The standard InChI is InChI=1S/C26H30N8OS/c1-32-9-10-33(15-22(32)17-5-6-17)26-27-13-21(30-31-26)20-8-7-19(24-25(20)36-16-28-24)18-12-29-34(14-18)23-4-2-3-11-35-23/h7-8,12-14,16-17,22-23H,2-6,9-11,15H2,1H3. The molecule has 3 aliphatic rings. The minimum Gasteiger partial charge on any atom is -0.357 e. The average Bonchev–Trinajstić information content (AvgIpc) is 3.43. The highest BCUT2D eigenvalue weighted by atomic mass is 32.1. The lowest BCUT2D eigenvalue weighted by atomic mass is 10.0. The molecule has 4 aromatic rings. The van der Waals surface area contributed by atoms with Crippen molar-refractivity contribution in [1.82, 2.24) is 34.8 Å². The van der Waals surface area contributed by atoms with Crippen LogP contribution in [0.15, 0.2) is 36.2 Å². The van der Waals surface area contributed by atoms with Gasteiger partial charge in [0.05, 0.1) is 28.1 Å². The van der Waals surface area contributed by atoms with Crippen LogP contribution < -0.4 is 4.90 Å². The summed E-state index contributed by atoms with van der Waals surface area (Å²) in [6, 6.07) is 4.81. The Morgan fingerprint density at radius 3 is 2.72 bits per heavy atom. The second-order valence-electron chi connectivity index (χ2n) is 10.2. The largest absolute Gasteiger partial charge is 0.357 e. The van der Waals surface area contributed by atoms with Gasteiger partial charge in [0, 0.05) is 55.2 Å². The Balaban J connectivity index is 1.15. The number of ether oxygens (including phenoxy) is 1. The molecular weight excluding hydrogens is 472 g/mol. The first-order valence-corrected chi connectivity index (χ1v) is 13.8. The summed E-state index contributed by atoms with van der Waals surface area (Å²) in [7, 11) is 2.24. The molecule has 0 bridgehead atoms. The van der Waals surface area contributed by atoms with Crippen LogP contribution in [0.2, 0.25) is 0 Å². The normalized spacial score (nSPS) is 23.4. The molecule has 9 nitrogen and oxygen atoms in total. The van der Waals surface area contributed by atoms with E-state index in [-0.39, 0.29) is 6.23 Å². The summed E-state index contributed by atoms with van der Waals surface area (Å²) in [4.78, 5) is 14.2. The first kappa shape index (κ1) is 22.3. The van der Waals surface area contributed by atoms with Gasteiger partial charge in [-0.2, -0.15) is 5.10 Å². The molecule has 3 fully saturated rings. The number of hydrogen-bond acceptors (Lipinski definition) is 9. The van der Waals surface area contributed by atoms with E-state index in [1.54, 1.807) is 11.3 Å². The first-order valence-electron chi connectivity index (χ1n) is 12.9. The van der Waals surface area contributed by atoms with Gasteiger partial charge >= 0.3 is 0 Å². The van der Waals surface area contributed by atoms with Crippen molar-refractivity contribution in [2.24, 2.45) is 5.92 Å². The Kier molecular flexibility index (Phi) is 5.67. The van der Waals surface area contributed by atoms with Crippen LogP contribution in [-0.4, -0.2) is 74.2 Å². The monoisotopic (exact) mass is 502 g/mol. The molecule has 36 heavy (non-hydrogen) atoms. The van der Waals surface area contributed by atoms with E-state index in [1.807, 2.05) is 22.6 Å². The van der Waals surface area contributed by atoms with Gasteiger partial charge in [0.2, 0.25) is 5.95 Å². The molecule has 186 valence electrons. The van der Waals surface area contributed by atoms with Crippen LogP contribution in [0.1, 0.15) is 38.3 Å². The van der Waals surface area contributed by atoms with E-state index in [4.69, 9.17) is 14.7 Å². The fourth-order valence-corrected chi connectivity index (χ4v) is 6.40. The SMILES string of the molecule is CN1CCN(c2ncc(-c3ccc(-c4cnn(C5CCCCO5)c4)c4ncsc34)nn2)CC1C1CC1. The summed E-state index contributed by atoms with van der Waals surface area (Å²) in [6.45, 7) is 3.76. The topological polar surface area (TPSA) is 85.1 Å². The average molecular weight is 503 g/mol. The van der Waals surface area contributed by atoms with E-state index in [1.165, 1.54) is 19.3 Å². The highest BCUT2D eigenvalue weighted by molar-refractivity contribution is 7.17. The van der Waals surface area contributed by atoms with Gasteiger partial charge in [0.15, 0.2) is 0 Å². The third-order valence-electron chi connectivity index (χ3n) is 7.82. The number of aromatic nitrogens is 6. The lowest BCUT2D eigenvalue weighted by Crippen LogP contribution is -2.53. The zero-order chi connectivity index (χ0) is 24.1. The van der Waals surface area contributed by atoms with Crippen LogP contribution in [0.5, 0.6) is 0 Å². The quantitative estimate of drug-likeness (QED) is 0.401. The Labute approximate surface area is 214 Å². The van der Waals surface area contributed by atoms with Gasteiger partial charge in [-0.15, -0.1) is 21.5 Å². The van der Waals surface area contributed by atoms with Crippen molar-refractivity contribution in [3.8, 4) is 22.4 Å². The maximum atomic E-state index is 5.90. The summed E-state index contributed by atoms with van der Waals surface area (Å²) in [5.74, 6) is 1.55. The molecule has 0 spiro atoms. The molecule has 2 aliphatic heterocycles. The molecule has 1 saturated carbocycles. The molecule has 5 heterocycles. The predicted molar refractivity (Wildman–Crippen MR) is 140 cm³/mol. The van der Waals surface area contributed by atoms with E-state index in [9.17, 15) is 0 Å². The Hall–Kier alpha value is -2.95. The van der Waals surface area contributed by atoms with Gasteiger partial charge in [0.1, 0.15) is 11.9 Å². The van der Waals surface area contributed by atoms with E-state index in [0.29, 0.717) is 6.04 Å². The molecule has 2 atom stereocenters. The van der Waals surface area contributed by atoms with Crippen LogP contribution >= 0.6 is 11.3 Å². The number of rotatable bonds is 5. The van der Waals surface area contributed by atoms with Crippen LogP contribution in [0, 0.1) is 5.92 Å². The van der Waals surface area contributed by atoms with Crippen molar-refractivity contribution in [2.45, 2.75) is 44.4 Å². The van der Waals surface area contributed by atoms with E-state index in [0.717, 1.165) is 83.5 Å². The Morgan fingerprint density at radius 2 is 1.92 bits per heavy atom. The van der Waals surface area contributed by atoms with E-state index in [2.05, 4.69) is 50.5 Å². The molecule has 1 aliphatic carbocycles. The number of nitrogens with zero attached hydrogens (tertiary/aromatic N) is 8. The number of anilines is 1. The third-order valence-corrected chi connectivity index (χ3v) is 8.68. The zero-order valence-electron chi connectivity index (χ0n) is 20.5. The molecule has 3 aromatic heterocycles. The first-order chi connectivity index (χ1) is 17.7. The van der Waals surface area contributed by atoms with Crippen molar-refractivity contribution in [2.75, 3.05) is 38.2 Å². The molecule has 1 aromatic carbocycles. The third kappa shape index (κ3) is 4.07. The van der Waals surface area contributed by atoms with Gasteiger partial charge in [-0.1, -0.05) is 12.1 Å². The minimum atomic E-state index is 0.0254. The summed E-state index contributed by atoms with van der Waals surface area (Å²) < 4.78 is 8.94. The summed E-state index contributed by atoms with van der Waals surface area (Å²) in [5.41, 5.74) is 6.76. The molecule has 2 unspecified atom stereocenters. The minimum absolute atomic E-state index is 0.0254. The summed E-state index contributed by atoms with van der Waals surface area (Å²) in [6.07, 6.45) is 11.9. The van der Waals surface area contributed by atoms with E-state index < -0.39 is 0 Å². The number of likely N-dealkylation sites (N-methyl/N-ethyl adjacent to an activating group) is 1. The summed E-state index contributed by atoms with van der Waals surface area (Å²) >= 11 is 1.62. The summed E-state index contributed by atoms with van der Waals surface area (Å²) in [5, 5.41) is 13.7. The highest BCUT2D eigenvalue weighted by Gasteiger charge is 2.37. The maximum absolute atomic E-state index is 5.90. The van der Waals surface area contributed by atoms with Crippen molar-refractivity contribution in [1.29, 1.82) is 0 Å². The number of hydrogen-bond donors (Lipinski definition) is 0. The number of fused-ring (bicyclic) bond motifs is 1. The molecule has 0 amide bonds. The second-order valence-corrected chi connectivity index (χ2v) is 11.1. The molecule has 0 radical (unpaired) electrons. The van der Waals surface area contributed by atoms with Crippen LogP contribution in [0.25, 0.3) is 32.6 Å². The molecule has 0 N–H and O–H groups in total. The van der Waals surface area contributed by atoms with Crippen molar-refractivity contribution >= 4 is 27.5 Å². The lowest BCUT2D eigenvalue weighted by Gasteiger charge is -2.39. The van der Waals surface area contributed by atoms with E-state index >= 15 is 0 Å². The predicted octanol–water partition coefficient (Wildman–Crippen LogP) is 4.24. The van der Waals surface area contributed by atoms with Crippen molar-refractivity contribution in [3.63, 3.8) is 0 Å². The number of thiazole rings is 1. The zero-order valence-corrected chi connectivity index (χ0v) is 21.3. The molecule has 7 rings (SSSR count). The Bertz CT molecular complexity index is 1360. The smallest absolute Gasteiger partial charge is 0.245 e. The number of benzene rings is 1. The van der Waals surface area contributed by atoms with Crippen LogP contribution in [0.3, 0.4) is 0 Å². The Morgan fingerprint density at radius 1 is 1.00 bits per heavy atom. The van der Waals surface area contributed by atoms with Gasteiger partial charge in [-0.05, 0) is 45.1 Å². The van der Waals surface area contributed by atoms with Gasteiger partial charge < -0.3 is 9.64 Å². The van der Waals surface area contributed by atoms with Crippen molar-refractivity contribution in [3.05, 3.63) is 36.2 Å². The fraction of sp³-hybridized carbons (Fsp3) is 0.500. The molecular formula is C26H30N8OS. The number of piperazine rings is 1. The highest BCUT2D eigenvalue weighted by Crippen LogP contribution is 2.38. The second kappa shape index (κ2) is 9.17. The van der Waals surface area contributed by atoms with Crippen molar-refractivity contribution < 1.29 is 4.74 Å². The van der Waals surface area contributed by atoms with Crippen LogP contribution in [0.4, 0.5) is 5.95 Å². The fourth-order valence-electron chi connectivity index (χ4n) is 5.56. The van der Waals surface area contributed by atoms with Gasteiger partial charge in [-0.25, -0.2) is 14.6 Å². The lowest BCUT2D eigenvalue weighted by molar-refractivity contribution is -0.0394. The van der Waals surface area contributed by atoms with Gasteiger partial charge in [0.25, 0.3) is 0 Å². The molecule has 10 heteroatoms. The van der Waals surface area contributed by atoms with Crippen LogP contribution in [-0.2, 0) is 4.74 Å². The van der Waals surface area contributed by atoms with Gasteiger partial charge in [-0.3, -0.25) is 4.90 Å². The maximum Gasteiger partial charge on any atom is 0.245 e.